The second-order valence-corrected chi connectivity index (χ2v) is 6.20. The van der Waals surface area contributed by atoms with Gasteiger partial charge in [0.25, 0.3) is 0 Å². The third-order valence-electron chi connectivity index (χ3n) is 2.71. The third-order valence-corrected chi connectivity index (χ3v) is 4.51. The molecule has 0 fully saturated rings. The van der Waals surface area contributed by atoms with E-state index in [0.717, 1.165) is 21.2 Å². The Labute approximate surface area is 139 Å². The van der Waals surface area contributed by atoms with Crippen LogP contribution in [0.15, 0.2) is 47.4 Å². The molecule has 0 aromatic heterocycles. The maximum Gasteiger partial charge on any atom is 0.0543 e. The first kappa shape index (κ1) is 16.3. The van der Waals surface area contributed by atoms with Gasteiger partial charge >= 0.3 is 0 Å². The van der Waals surface area contributed by atoms with Crippen molar-refractivity contribution < 1.29 is 5.11 Å². The number of benzene rings is 2. The Bertz CT molecular complexity index is 657. The van der Waals surface area contributed by atoms with E-state index in [1.54, 1.807) is 17.8 Å². The largest absolute Gasteiger partial charge is 0.395 e. The number of hydrogen-bond acceptors (Lipinski definition) is 2. The van der Waals surface area contributed by atoms with E-state index < -0.39 is 0 Å². The van der Waals surface area contributed by atoms with Gasteiger partial charge < -0.3 is 5.11 Å². The van der Waals surface area contributed by atoms with Gasteiger partial charge in [-0.1, -0.05) is 47.2 Å². The second-order valence-electron chi connectivity index (χ2n) is 4.34. The highest BCUT2D eigenvalue weighted by Crippen LogP contribution is 2.32. The quantitative estimate of drug-likeness (QED) is 0.624. The monoisotopic (exact) mass is 336 g/mol. The lowest BCUT2D eigenvalue weighted by molar-refractivity contribution is 0.305. The minimum absolute atomic E-state index is 0.0993. The molecular formula is C17H14Cl2OS. The smallest absolute Gasteiger partial charge is 0.0543 e. The van der Waals surface area contributed by atoms with Gasteiger partial charge in [-0.05, 0) is 35.9 Å². The fourth-order valence-corrected chi connectivity index (χ4v) is 3.10. The lowest BCUT2D eigenvalue weighted by Crippen LogP contribution is -1.83. The summed E-state index contributed by atoms with van der Waals surface area (Å²) < 4.78 is 0. The van der Waals surface area contributed by atoms with Crippen molar-refractivity contribution in [3.63, 3.8) is 0 Å². The van der Waals surface area contributed by atoms with E-state index >= 15 is 0 Å². The molecule has 0 bridgehead atoms. The second kappa shape index (κ2) is 8.36. The first-order chi connectivity index (χ1) is 10.2. The molecule has 0 unspecified atom stereocenters. The molecular weight excluding hydrogens is 323 g/mol. The average Bonchev–Trinajstić information content (AvgIpc) is 2.50. The summed E-state index contributed by atoms with van der Waals surface area (Å²) in [5.41, 5.74) is 2.15. The Hall–Kier alpha value is -1.11. The molecule has 0 atom stereocenters. The summed E-state index contributed by atoms with van der Waals surface area (Å²) in [7, 11) is 0. The van der Waals surface area contributed by atoms with Crippen LogP contribution in [0.5, 0.6) is 0 Å². The molecule has 21 heavy (non-hydrogen) atoms. The Balaban J connectivity index is 1.98. The first-order valence-electron chi connectivity index (χ1n) is 6.45. The highest BCUT2D eigenvalue weighted by atomic mass is 35.5. The van der Waals surface area contributed by atoms with Gasteiger partial charge in [0, 0.05) is 27.7 Å². The molecule has 2 rings (SSSR count). The van der Waals surface area contributed by atoms with Crippen LogP contribution < -0.4 is 0 Å². The predicted molar refractivity (Wildman–Crippen MR) is 91.0 cm³/mol. The summed E-state index contributed by atoms with van der Waals surface area (Å²) in [5, 5.41) is 10.1. The molecule has 1 nitrogen and oxygen atoms in total. The topological polar surface area (TPSA) is 20.2 Å². The van der Waals surface area contributed by atoms with Crippen LogP contribution in [0.4, 0.5) is 0 Å². The first-order valence-corrected chi connectivity index (χ1v) is 8.20. The zero-order chi connectivity index (χ0) is 15.1. The Morgan fingerprint density at radius 2 is 1.81 bits per heavy atom. The molecule has 108 valence electrons. The standard InChI is InChI=1S/C17H14Cl2OS/c18-15-8-9-16(19)17(11-15)21-12-14-6-4-13(5-7-14)3-1-2-10-20/h4-9,11,20H,2,10,12H2. The Morgan fingerprint density at radius 3 is 2.52 bits per heavy atom. The van der Waals surface area contributed by atoms with Gasteiger partial charge in [0.15, 0.2) is 0 Å². The van der Waals surface area contributed by atoms with Crippen LogP contribution in [0.2, 0.25) is 10.0 Å². The van der Waals surface area contributed by atoms with Gasteiger partial charge in [0.2, 0.25) is 0 Å². The molecule has 0 spiro atoms. The fraction of sp³-hybridized carbons (Fsp3) is 0.176. The predicted octanol–water partition coefficient (Wildman–Crippen LogP) is 5.02. The molecule has 0 saturated heterocycles. The van der Waals surface area contributed by atoms with Crippen LogP contribution in [-0.4, -0.2) is 11.7 Å². The van der Waals surface area contributed by atoms with Gasteiger partial charge in [-0.2, -0.15) is 0 Å². The molecule has 1 N–H and O–H groups in total. The van der Waals surface area contributed by atoms with E-state index in [9.17, 15) is 0 Å². The van der Waals surface area contributed by atoms with E-state index in [-0.39, 0.29) is 6.61 Å². The highest BCUT2D eigenvalue weighted by Gasteiger charge is 2.03. The van der Waals surface area contributed by atoms with Crippen molar-refractivity contribution in [2.45, 2.75) is 17.1 Å². The van der Waals surface area contributed by atoms with Crippen molar-refractivity contribution in [1.82, 2.24) is 0 Å². The maximum absolute atomic E-state index is 8.68. The van der Waals surface area contributed by atoms with Crippen LogP contribution in [0, 0.1) is 11.8 Å². The molecule has 0 saturated carbocycles. The Kier molecular flexibility index (Phi) is 6.48. The molecule has 0 amide bonds. The SMILES string of the molecule is OCCC#Cc1ccc(CSc2cc(Cl)ccc2Cl)cc1. The molecule has 4 heteroatoms. The maximum atomic E-state index is 8.68. The lowest BCUT2D eigenvalue weighted by Gasteiger charge is -2.05. The zero-order valence-electron chi connectivity index (χ0n) is 11.3. The van der Waals surface area contributed by atoms with Gasteiger partial charge in [-0.3, -0.25) is 0 Å². The van der Waals surface area contributed by atoms with Crippen LogP contribution in [0.1, 0.15) is 17.5 Å². The van der Waals surface area contributed by atoms with Gasteiger partial charge in [0.05, 0.1) is 11.6 Å². The minimum atomic E-state index is 0.0993. The fourth-order valence-electron chi connectivity index (χ4n) is 1.65. The van der Waals surface area contributed by atoms with E-state index in [4.69, 9.17) is 28.3 Å². The van der Waals surface area contributed by atoms with Crippen molar-refractivity contribution in [2.75, 3.05) is 6.61 Å². The number of aliphatic hydroxyl groups is 1. The summed E-state index contributed by atoms with van der Waals surface area (Å²) >= 11 is 13.8. The number of aliphatic hydroxyl groups excluding tert-OH is 1. The Morgan fingerprint density at radius 1 is 1.05 bits per heavy atom. The van der Waals surface area contributed by atoms with Gasteiger partial charge in [0.1, 0.15) is 0 Å². The summed E-state index contributed by atoms with van der Waals surface area (Å²) in [6, 6.07) is 13.5. The van der Waals surface area contributed by atoms with Gasteiger partial charge in [-0.15, -0.1) is 11.8 Å². The number of thioether (sulfide) groups is 1. The molecule has 0 heterocycles. The van der Waals surface area contributed by atoms with Crippen LogP contribution in [0.3, 0.4) is 0 Å². The summed E-state index contributed by atoms with van der Waals surface area (Å²) in [4.78, 5) is 0.982. The molecule has 2 aromatic carbocycles. The van der Waals surface area contributed by atoms with Crippen molar-refractivity contribution in [3.05, 3.63) is 63.6 Å². The van der Waals surface area contributed by atoms with E-state index in [0.29, 0.717) is 11.4 Å². The third kappa shape index (κ3) is 5.30. The molecule has 0 aliphatic carbocycles. The van der Waals surface area contributed by atoms with Crippen LogP contribution in [0.25, 0.3) is 0 Å². The van der Waals surface area contributed by atoms with Crippen molar-refractivity contribution in [3.8, 4) is 11.8 Å². The van der Waals surface area contributed by atoms with Crippen molar-refractivity contribution in [1.29, 1.82) is 0 Å². The summed E-state index contributed by atoms with van der Waals surface area (Å²) in [5.74, 6) is 6.74. The van der Waals surface area contributed by atoms with Crippen LogP contribution >= 0.6 is 35.0 Å². The molecule has 0 radical (unpaired) electrons. The van der Waals surface area contributed by atoms with E-state index in [1.165, 1.54) is 5.56 Å². The summed E-state index contributed by atoms with van der Waals surface area (Å²) in [6.45, 7) is 0.0993. The lowest BCUT2D eigenvalue weighted by atomic mass is 10.1. The van der Waals surface area contributed by atoms with E-state index in [1.807, 2.05) is 24.3 Å². The minimum Gasteiger partial charge on any atom is -0.395 e. The summed E-state index contributed by atoms with van der Waals surface area (Å²) in [6.07, 6.45) is 0.505. The normalized spacial score (nSPS) is 10.0. The molecule has 0 aliphatic rings. The number of rotatable bonds is 4. The van der Waals surface area contributed by atoms with Crippen molar-refractivity contribution >= 4 is 35.0 Å². The zero-order valence-corrected chi connectivity index (χ0v) is 13.6. The average molecular weight is 337 g/mol. The number of hydrogen-bond donors (Lipinski definition) is 1. The molecule has 0 aliphatic heterocycles. The van der Waals surface area contributed by atoms with E-state index in [2.05, 4.69) is 24.0 Å². The highest BCUT2D eigenvalue weighted by molar-refractivity contribution is 7.98. The number of halogens is 2. The van der Waals surface area contributed by atoms with Crippen LogP contribution in [-0.2, 0) is 5.75 Å². The van der Waals surface area contributed by atoms with Gasteiger partial charge in [-0.25, -0.2) is 0 Å². The molecule has 2 aromatic rings. The van der Waals surface area contributed by atoms with Crippen molar-refractivity contribution in [2.24, 2.45) is 0 Å².